The normalized spacial score (nSPS) is 14.2. The number of amides is 1. The fourth-order valence-electron chi connectivity index (χ4n) is 3.78. The minimum Gasteiger partial charge on any atom is -0.339 e. The largest absolute Gasteiger partial charge is 0.339 e. The summed E-state index contributed by atoms with van der Waals surface area (Å²) >= 11 is 0. The maximum Gasteiger partial charge on any atom is 0.274 e. The number of hydrogen-bond donors (Lipinski definition) is 1. The summed E-state index contributed by atoms with van der Waals surface area (Å²) in [6, 6.07) is 23.2. The van der Waals surface area contributed by atoms with E-state index in [0.29, 0.717) is 23.0 Å². The Kier molecular flexibility index (Phi) is 6.00. The number of rotatable bonds is 5. The first kappa shape index (κ1) is 19.6. The summed E-state index contributed by atoms with van der Waals surface area (Å²) in [5.74, 6) is 1.07. The van der Waals surface area contributed by atoms with Crippen LogP contribution in [0.5, 0.6) is 0 Å². The van der Waals surface area contributed by atoms with Crippen molar-refractivity contribution in [2.45, 2.75) is 19.3 Å². The summed E-state index contributed by atoms with van der Waals surface area (Å²) in [5.41, 5.74) is 3.03. The van der Waals surface area contributed by atoms with Crippen LogP contribution in [0.3, 0.4) is 0 Å². The van der Waals surface area contributed by atoms with Crippen molar-refractivity contribution < 1.29 is 4.79 Å². The highest BCUT2D eigenvalue weighted by Crippen LogP contribution is 2.23. The Morgan fingerprint density at radius 2 is 1.83 bits per heavy atom. The summed E-state index contributed by atoms with van der Waals surface area (Å²) in [6.07, 6.45) is 3.07. The van der Waals surface area contributed by atoms with E-state index in [9.17, 15) is 4.79 Å². The topological polar surface area (TPSA) is 81.9 Å². The van der Waals surface area contributed by atoms with Crippen LogP contribution in [0, 0.1) is 17.2 Å². The lowest BCUT2D eigenvalue weighted by Crippen LogP contribution is -2.39. The number of carbonyl (C=O) groups is 1. The molecule has 6 heteroatoms. The monoisotopic (exact) mass is 397 g/mol. The Morgan fingerprint density at radius 1 is 1.03 bits per heavy atom. The third-order valence-corrected chi connectivity index (χ3v) is 5.42. The predicted octanol–water partition coefficient (Wildman–Crippen LogP) is 4.19. The predicted molar refractivity (Wildman–Crippen MR) is 115 cm³/mol. The Hall–Kier alpha value is -3.72. The average Bonchev–Trinajstić information content (AvgIpc) is 2.80. The van der Waals surface area contributed by atoms with E-state index in [1.807, 2.05) is 17.0 Å². The average molecular weight is 397 g/mol. The van der Waals surface area contributed by atoms with Crippen LogP contribution in [0.25, 0.3) is 0 Å². The molecule has 4 rings (SSSR count). The van der Waals surface area contributed by atoms with Gasteiger partial charge in [0.15, 0.2) is 11.5 Å². The van der Waals surface area contributed by atoms with Gasteiger partial charge in [0.2, 0.25) is 0 Å². The fourth-order valence-corrected chi connectivity index (χ4v) is 3.78. The second-order valence-electron chi connectivity index (χ2n) is 7.55. The van der Waals surface area contributed by atoms with Crippen molar-refractivity contribution in [2.24, 2.45) is 5.92 Å². The highest BCUT2D eigenvalue weighted by molar-refractivity contribution is 5.92. The van der Waals surface area contributed by atoms with Crippen LogP contribution in [-0.2, 0) is 6.42 Å². The van der Waals surface area contributed by atoms with Crippen molar-refractivity contribution >= 4 is 17.4 Å². The molecule has 1 aromatic heterocycles. The Morgan fingerprint density at radius 3 is 2.53 bits per heavy atom. The molecule has 1 aliphatic rings. The molecule has 1 aliphatic heterocycles. The number of anilines is 2. The first-order valence-electron chi connectivity index (χ1n) is 10.2. The number of piperidine rings is 1. The maximum atomic E-state index is 12.8. The smallest absolute Gasteiger partial charge is 0.274 e. The van der Waals surface area contributed by atoms with Gasteiger partial charge in [-0.2, -0.15) is 5.26 Å². The van der Waals surface area contributed by atoms with Crippen molar-refractivity contribution in [3.63, 3.8) is 0 Å². The van der Waals surface area contributed by atoms with Gasteiger partial charge in [-0.3, -0.25) is 4.79 Å². The molecule has 2 aromatic carbocycles. The van der Waals surface area contributed by atoms with Crippen molar-refractivity contribution in [3.05, 3.63) is 83.6 Å². The molecule has 150 valence electrons. The Balaban J connectivity index is 1.32. The zero-order valence-electron chi connectivity index (χ0n) is 16.7. The molecular weight excluding hydrogens is 374 g/mol. The molecule has 1 fully saturated rings. The number of carbonyl (C=O) groups excluding carboxylic acids is 1. The van der Waals surface area contributed by atoms with Crippen molar-refractivity contribution in [3.8, 4) is 6.07 Å². The van der Waals surface area contributed by atoms with E-state index >= 15 is 0 Å². The SMILES string of the molecule is N#Cc1cccc(Nc2ccc(C(=O)N3CCC(Cc4ccccc4)CC3)nn2)c1. The van der Waals surface area contributed by atoms with E-state index in [-0.39, 0.29) is 5.91 Å². The number of hydrogen-bond acceptors (Lipinski definition) is 5. The highest BCUT2D eigenvalue weighted by Gasteiger charge is 2.24. The summed E-state index contributed by atoms with van der Waals surface area (Å²) in [6.45, 7) is 1.50. The molecule has 6 nitrogen and oxygen atoms in total. The lowest BCUT2D eigenvalue weighted by atomic mass is 9.90. The van der Waals surface area contributed by atoms with E-state index in [2.05, 4.69) is 45.8 Å². The summed E-state index contributed by atoms with van der Waals surface area (Å²) < 4.78 is 0. The number of nitrogens with zero attached hydrogens (tertiary/aromatic N) is 4. The molecule has 0 atom stereocenters. The van der Waals surface area contributed by atoms with Crippen LogP contribution in [-0.4, -0.2) is 34.1 Å². The van der Waals surface area contributed by atoms with Crippen LogP contribution in [0.15, 0.2) is 66.7 Å². The molecule has 1 N–H and O–H groups in total. The number of nitrogens with one attached hydrogen (secondary N) is 1. The van der Waals surface area contributed by atoms with Crippen molar-refractivity contribution in [2.75, 3.05) is 18.4 Å². The number of benzene rings is 2. The summed E-state index contributed by atoms with van der Waals surface area (Å²) in [4.78, 5) is 14.7. The second kappa shape index (κ2) is 9.19. The van der Waals surface area contributed by atoms with E-state index in [1.54, 1.807) is 30.3 Å². The van der Waals surface area contributed by atoms with Gasteiger partial charge in [0.1, 0.15) is 0 Å². The number of likely N-dealkylation sites (tertiary alicyclic amines) is 1. The number of nitriles is 1. The van der Waals surface area contributed by atoms with Gasteiger partial charge < -0.3 is 10.2 Å². The van der Waals surface area contributed by atoms with Gasteiger partial charge in [-0.15, -0.1) is 10.2 Å². The van der Waals surface area contributed by atoms with Gasteiger partial charge in [0.05, 0.1) is 11.6 Å². The zero-order chi connectivity index (χ0) is 20.8. The molecular formula is C24H23N5O. The molecule has 0 aliphatic carbocycles. The third-order valence-electron chi connectivity index (χ3n) is 5.42. The summed E-state index contributed by atoms with van der Waals surface area (Å²) in [7, 11) is 0. The molecule has 3 aromatic rings. The van der Waals surface area contributed by atoms with E-state index in [0.717, 1.165) is 38.0 Å². The molecule has 30 heavy (non-hydrogen) atoms. The van der Waals surface area contributed by atoms with Crippen LogP contribution in [0.1, 0.15) is 34.5 Å². The van der Waals surface area contributed by atoms with E-state index in [1.165, 1.54) is 5.56 Å². The van der Waals surface area contributed by atoms with E-state index in [4.69, 9.17) is 5.26 Å². The maximum absolute atomic E-state index is 12.8. The van der Waals surface area contributed by atoms with Crippen LogP contribution >= 0.6 is 0 Å². The van der Waals surface area contributed by atoms with Crippen LogP contribution < -0.4 is 5.32 Å². The minimum absolute atomic E-state index is 0.0707. The first-order chi connectivity index (χ1) is 14.7. The zero-order valence-corrected chi connectivity index (χ0v) is 16.7. The fraction of sp³-hybridized carbons (Fsp3) is 0.250. The van der Waals surface area contributed by atoms with Crippen molar-refractivity contribution in [1.29, 1.82) is 5.26 Å². The van der Waals surface area contributed by atoms with E-state index < -0.39 is 0 Å². The van der Waals surface area contributed by atoms with Gasteiger partial charge in [-0.05, 0) is 61.1 Å². The standard InChI is InChI=1S/C24H23N5O/c25-17-20-7-4-8-21(16-20)26-23-10-9-22(27-28-23)24(30)29-13-11-19(12-14-29)15-18-5-2-1-3-6-18/h1-10,16,19H,11-15H2,(H,26,28). The Bertz CT molecular complexity index is 1040. The van der Waals surface area contributed by atoms with Gasteiger partial charge in [-0.25, -0.2) is 0 Å². The van der Waals surface area contributed by atoms with Gasteiger partial charge in [-0.1, -0.05) is 36.4 Å². The molecule has 0 bridgehead atoms. The third kappa shape index (κ3) is 4.81. The van der Waals surface area contributed by atoms with Gasteiger partial charge >= 0.3 is 0 Å². The highest BCUT2D eigenvalue weighted by atomic mass is 16.2. The lowest BCUT2D eigenvalue weighted by molar-refractivity contribution is 0.0683. The Labute approximate surface area is 176 Å². The molecule has 1 saturated heterocycles. The first-order valence-corrected chi connectivity index (χ1v) is 10.2. The lowest BCUT2D eigenvalue weighted by Gasteiger charge is -2.31. The van der Waals surface area contributed by atoms with Crippen LogP contribution in [0.2, 0.25) is 0 Å². The molecule has 1 amide bonds. The van der Waals surface area contributed by atoms with Gasteiger partial charge in [0, 0.05) is 18.8 Å². The summed E-state index contributed by atoms with van der Waals surface area (Å²) in [5, 5.41) is 20.3. The number of aromatic nitrogens is 2. The molecule has 0 unspecified atom stereocenters. The molecule has 0 saturated carbocycles. The second-order valence-corrected chi connectivity index (χ2v) is 7.55. The van der Waals surface area contributed by atoms with Crippen molar-refractivity contribution in [1.82, 2.24) is 15.1 Å². The molecule has 0 radical (unpaired) electrons. The van der Waals surface area contributed by atoms with Crippen LogP contribution in [0.4, 0.5) is 11.5 Å². The molecule has 2 heterocycles. The quantitative estimate of drug-likeness (QED) is 0.698. The van der Waals surface area contributed by atoms with Gasteiger partial charge in [0.25, 0.3) is 5.91 Å². The molecule has 0 spiro atoms. The minimum atomic E-state index is -0.0707.